The number of hydrogen-bond donors (Lipinski definition) is 0. The first-order valence-corrected chi connectivity index (χ1v) is 0. The minimum atomic E-state index is 0. The molecular weight excluding hydrogens is 324 g/mol. The molecule has 0 aliphatic rings. The van der Waals surface area contributed by atoms with Gasteiger partial charge in [0, 0.05) is 26.2 Å². The zero-order valence-electron chi connectivity index (χ0n) is 2.51. The van der Waals surface area contributed by atoms with Crippen LogP contribution in [0.5, 0.6) is 0 Å². The van der Waals surface area contributed by atoms with Crippen LogP contribution in [0.1, 0.15) is 0 Å². The SMILES string of the molecule is [Cl-].[Cl-].[Cl-].[Cl-].[Zr+4].[Zr]. The van der Waals surface area contributed by atoms with Crippen molar-refractivity contribution in [1.29, 1.82) is 0 Å². The van der Waals surface area contributed by atoms with Gasteiger partial charge in [0.05, 0.1) is 0 Å². The fraction of sp³-hybridized carbons (Fsp3) is 0. The van der Waals surface area contributed by atoms with Crippen LogP contribution < -0.4 is 49.6 Å². The predicted molar refractivity (Wildman–Crippen MR) is 0 cm³/mol. The van der Waals surface area contributed by atoms with E-state index < -0.39 is 0 Å². The van der Waals surface area contributed by atoms with Crippen LogP contribution in [0.3, 0.4) is 0 Å². The smallest absolute Gasteiger partial charge is 1.00 e. The fourth-order valence-electron chi connectivity index (χ4n) is 0. The first-order valence-electron chi connectivity index (χ1n) is 0. The van der Waals surface area contributed by atoms with Gasteiger partial charge >= 0.3 is 26.2 Å². The van der Waals surface area contributed by atoms with Crippen molar-refractivity contribution < 1.29 is 102 Å². The average Bonchev–Trinajstić information content (AvgIpc) is 0. The average molecular weight is 324 g/mol. The molecule has 0 N–H and O–H groups in total. The van der Waals surface area contributed by atoms with E-state index in [1.54, 1.807) is 0 Å². The van der Waals surface area contributed by atoms with Gasteiger partial charge in [-0.15, -0.1) is 0 Å². The van der Waals surface area contributed by atoms with Gasteiger partial charge in [-0.05, 0) is 0 Å². The topological polar surface area (TPSA) is 0 Å². The Kier molecular flexibility index (Phi) is 485. The normalized spacial score (nSPS) is 0. The van der Waals surface area contributed by atoms with E-state index in [-0.39, 0.29) is 102 Å². The van der Waals surface area contributed by atoms with Crippen molar-refractivity contribution in [3.8, 4) is 0 Å². The van der Waals surface area contributed by atoms with Crippen LogP contribution in [0.2, 0.25) is 0 Å². The minimum absolute atomic E-state index is 0. The predicted octanol–water partition coefficient (Wildman–Crippen LogP) is -12.0. The Bertz CT molecular complexity index is 5.51. The van der Waals surface area contributed by atoms with Gasteiger partial charge in [-0.3, -0.25) is 0 Å². The van der Waals surface area contributed by atoms with Crippen molar-refractivity contribution in [2.24, 2.45) is 0 Å². The summed E-state index contributed by atoms with van der Waals surface area (Å²) in [4.78, 5) is 0. The molecule has 0 aliphatic carbocycles. The Morgan fingerprint density at radius 1 is 0.500 bits per heavy atom. The molecule has 0 saturated carbocycles. The van der Waals surface area contributed by atoms with Crippen molar-refractivity contribution in [1.82, 2.24) is 0 Å². The van der Waals surface area contributed by atoms with Gasteiger partial charge in [0.15, 0.2) is 0 Å². The summed E-state index contributed by atoms with van der Waals surface area (Å²) in [5.74, 6) is 0. The Hall–Kier alpha value is 2.93. The van der Waals surface area contributed by atoms with Crippen molar-refractivity contribution >= 4 is 0 Å². The molecule has 36 valence electrons. The molecular formula is Cl4Zr2. The molecule has 0 aromatic rings. The summed E-state index contributed by atoms with van der Waals surface area (Å²) in [7, 11) is 0. The zero-order valence-corrected chi connectivity index (χ0v) is 10.5. The van der Waals surface area contributed by atoms with Crippen molar-refractivity contribution in [3.63, 3.8) is 0 Å². The number of hydrogen-bond acceptors (Lipinski definition) is 0. The molecule has 0 spiro atoms. The quantitative estimate of drug-likeness (QED) is 0.415. The molecule has 0 nitrogen and oxygen atoms in total. The standard InChI is InChI=1S/4ClH.2Zr/h4*1H;;/q;;;;;+4/p-4. The summed E-state index contributed by atoms with van der Waals surface area (Å²) in [5, 5.41) is 0. The molecule has 0 rings (SSSR count). The molecule has 0 aromatic heterocycles. The third-order valence-electron chi connectivity index (χ3n) is 0. The van der Waals surface area contributed by atoms with Gasteiger partial charge in [0.1, 0.15) is 0 Å². The van der Waals surface area contributed by atoms with E-state index in [9.17, 15) is 0 Å². The van der Waals surface area contributed by atoms with E-state index in [1.807, 2.05) is 0 Å². The third-order valence-corrected chi connectivity index (χ3v) is 0. The van der Waals surface area contributed by atoms with Crippen LogP contribution in [0, 0.1) is 0 Å². The zero-order chi connectivity index (χ0) is 0. The van der Waals surface area contributed by atoms with Crippen LogP contribution >= 0.6 is 0 Å². The maximum atomic E-state index is 0. The molecule has 0 radical (unpaired) electrons. The summed E-state index contributed by atoms with van der Waals surface area (Å²) in [6.07, 6.45) is 0. The van der Waals surface area contributed by atoms with E-state index in [2.05, 4.69) is 0 Å². The van der Waals surface area contributed by atoms with Crippen LogP contribution in [0.4, 0.5) is 0 Å². The van der Waals surface area contributed by atoms with Gasteiger partial charge in [-0.2, -0.15) is 0 Å². The van der Waals surface area contributed by atoms with E-state index in [1.165, 1.54) is 0 Å². The molecule has 0 fully saturated rings. The molecule has 0 heterocycles. The second kappa shape index (κ2) is 44.4. The maximum absolute atomic E-state index is 0. The minimum Gasteiger partial charge on any atom is -1.00 e. The monoisotopic (exact) mass is 320 g/mol. The second-order valence-electron chi connectivity index (χ2n) is 0. The van der Waals surface area contributed by atoms with Crippen LogP contribution in [0.25, 0.3) is 0 Å². The van der Waals surface area contributed by atoms with Gasteiger partial charge < -0.3 is 49.6 Å². The molecule has 0 amide bonds. The fourth-order valence-corrected chi connectivity index (χ4v) is 0. The largest absolute Gasteiger partial charge is 4.00 e. The maximum Gasteiger partial charge on any atom is 4.00 e. The van der Waals surface area contributed by atoms with Crippen molar-refractivity contribution in [2.75, 3.05) is 0 Å². The van der Waals surface area contributed by atoms with Crippen LogP contribution in [-0.4, -0.2) is 0 Å². The molecule has 0 bridgehead atoms. The number of halogens is 4. The van der Waals surface area contributed by atoms with Crippen LogP contribution in [0.15, 0.2) is 0 Å². The van der Waals surface area contributed by atoms with Crippen molar-refractivity contribution in [2.45, 2.75) is 0 Å². The summed E-state index contributed by atoms with van der Waals surface area (Å²) in [6.45, 7) is 0. The van der Waals surface area contributed by atoms with E-state index >= 15 is 0 Å². The van der Waals surface area contributed by atoms with Gasteiger partial charge in [0.2, 0.25) is 0 Å². The van der Waals surface area contributed by atoms with Gasteiger partial charge in [0.25, 0.3) is 0 Å². The second-order valence-corrected chi connectivity index (χ2v) is 0. The first-order chi connectivity index (χ1) is 0. The number of rotatable bonds is 0. The summed E-state index contributed by atoms with van der Waals surface area (Å²) in [6, 6.07) is 0. The van der Waals surface area contributed by atoms with Crippen LogP contribution in [-0.2, 0) is 52.4 Å². The molecule has 0 unspecified atom stereocenters. The third kappa shape index (κ3) is 28.4. The van der Waals surface area contributed by atoms with E-state index in [4.69, 9.17) is 0 Å². The first kappa shape index (κ1) is 65.5. The Labute approximate surface area is 100 Å². The molecule has 6 heteroatoms. The van der Waals surface area contributed by atoms with Gasteiger partial charge in [-0.1, -0.05) is 0 Å². The van der Waals surface area contributed by atoms with E-state index in [0.29, 0.717) is 0 Å². The van der Waals surface area contributed by atoms with Crippen molar-refractivity contribution in [3.05, 3.63) is 0 Å². The van der Waals surface area contributed by atoms with Gasteiger partial charge in [-0.25, -0.2) is 0 Å². The Balaban J connectivity index is 0. The molecule has 6 heavy (non-hydrogen) atoms. The molecule has 0 aromatic carbocycles. The molecule has 0 atom stereocenters. The molecule has 0 aliphatic heterocycles. The summed E-state index contributed by atoms with van der Waals surface area (Å²) >= 11 is 0. The Morgan fingerprint density at radius 2 is 0.500 bits per heavy atom. The summed E-state index contributed by atoms with van der Waals surface area (Å²) in [5.41, 5.74) is 0. The molecule has 0 saturated heterocycles. The Morgan fingerprint density at radius 3 is 0.500 bits per heavy atom. The summed E-state index contributed by atoms with van der Waals surface area (Å²) < 4.78 is 0. The van der Waals surface area contributed by atoms with E-state index in [0.717, 1.165) is 0 Å².